The molecule has 0 radical (unpaired) electrons. The van der Waals surface area contributed by atoms with Gasteiger partial charge in [0.2, 0.25) is 23.6 Å². The molecule has 0 aromatic carbocycles. The van der Waals surface area contributed by atoms with Crippen LogP contribution in [0, 0.1) is 11.8 Å². The lowest BCUT2D eigenvalue weighted by Crippen LogP contribution is -2.60. The molecule has 3 rings (SSSR count). The highest BCUT2D eigenvalue weighted by atomic mass is 16.5. The number of rotatable bonds is 15. The number of imide groups is 1. The number of nitrogens with one attached hydrogen (secondary N) is 3. The highest BCUT2D eigenvalue weighted by molar-refractivity contribution is 5.99. The molecule has 2 aliphatic heterocycles. The topological polar surface area (TPSA) is 181 Å². The summed E-state index contributed by atoms with van der Waals surface area (Å²) in [6, 6.07) is -4.40. The summed E-state index contributed by atoms with van der Waals surface area (Å²) in [5, 5.41) is 8.38. The van der Waals surface area contributed by atoms with Crippen LogP contribution in [-0.4, -0.2) is 102 Å². The van der Waals surface area contributed by atoms with Crippen LogP contribution in [0.2, 0.25) is 0 Å². The van der Waals surface area contributed by atoms with Crippen LogP contribution >= 0.6 is 0 Å². The molecule has 4 atom stereocenters. The van der Waals surface area contributed by atoms with Crippen molar-refractivity contribution >= 4 is 41.6 Å². The van der Waals surface area contributed by atoms with Gasteiger partial charge in [0.25, 0.3) is 0 Å². The second kappa shape index (κ2) is 19.1. The zero-order valence-electron chi connectivity index (χ0n) is 28.8. The number of carbonyl (C=O) groups is 7. The lowest BCUT2D eigenvalue weighted by Gasteiger charge is -2.35. The van der Waals surface area contributed by atoms with E-state index in [0.717, 1.165) is 24.2 Å². The molecule has 14 nitrogen and oxygen atoms in total. The molecule has 3 fully saturated rings. The van der Waals surface area contributed by atoms with Crippen LogP contribution in [0.25, 0.3) is 0 Å². The Balaban J connectivity index is 1.81. The van der Waals surface area contributed by atoms with E-state index >= 15 is 0 Å². The minimum atomic E-state index is -1.11. The number of amides is 6. The number of nitrogens with zero attached hydrogens (tertiary/aromatic N) is 2. The lowest BCUT2D eigenvalue weighted by molar-refractivity contribution is -0.147. The maximum atomic E-state index is 14.3. The van der Waals surface area contributed by atoms with Crippen molar-refractivity contribution in [1.82, 2.24) is 25.8 Å². The number of hydrogen-bond donors (Lipinski definition) is 3. The van der Waals surface area contributed by atoms with Crippen LogP contribution in [0.4, 0.5) is 4.79 Å². The third-order valence-electron chi connectivity index (χ3n) is 9.13. The van der Waals surface area contributed by atoms with Gasteiger partial charge in [-0.2, -0.15) is 0 Å². The van der Waals surface area contributed by atoms with Gasteiger partial charge in [0.1, 0.15) is 24.2 Å². The predicted octanol–water partition coefficient (Wildman–Crippen LogP) is 2.35. The number of methoxy groups -OCH3 is 1. The summed E-state index contributed by atoms with van der Waals surface area (Å²) in [5.74, 6) is -2.90. The molecule has 0 aromatic heterocycles. The Bertz CT molecular complexity index is 1200. The van der Waals surface area contributed by atoms with E-state index in [4.69, 9.17) is 9.47 Å². The maximum absolute atomic E-state index is 14.3. The summed E-state index contributed by atoms with van der Waals surface area (Å²) >= 11 is 0. The van der Waals surface area contributed by atoms with Gasteiger partial charge in [-0.25, -0.2) is 14.4 Å². The second-order valence-electron chi connectivity index (χ2n) is 13.2. The van der Waals surface area contributed by atoms with E-state index in [1.165, 1.54) is 18.1 Å². The van der Waals surface area contributed by atoms with Crippen LogP contribution in [0.1, 0.15) is 97.8 Å². The molecule has 48 heavy (non-hydrogen) atoms. The fourth-order valence-corrected chi connectivity index (χ4v) is 6.67. The van der Waals surface area contributed by atoms with Gasteiger partial charge >= 0.3 is 18.0 Å². The van der Waals surface area contributed by atoms with Crippen molar-refractivity contribution in [3.63, 3.8) is 0 Å². The van der Waals surface area contributed by atoms with Crippen LogP contribution in [0.5, 0.6) is 0 Å². The summed E-state index contributed by atoms with van der Waals surface area (Å²) in [6.45, 7) is 6.33. The number of likely N-dealkylation sites (tertiary alicyclic amines) is 2. The van der Waals surface area contributed by atoms with Gasteiger partial charge in [-0.1, -0.05) is 39.2 Å². The van der Waals surface area contributed by atoms with Crippen LogP contribution in [-0.2, 0) is 38.2 Å². The molecule has 3 N–H and O–H groups in total. The van der Waals surface area contributed by atoms with Crippen molar-refractivity contribution in [2.45, 2.75) is 122 Å². The average Bonchev–Trinajstić information content (AvgIpc) is 3.73. The number of urea groups is 1. The standard InChI is InChI=1S/C34H53N5O9/c1-5-48-28(41)18-10-9-15-24(36-34(46)39-20-12-17-27(39)40)30(42)37-29(23-13-7-6-8-14-23)32(44)38-19-11-16-26(38)31(43)35-25(21-22(2)3)33(45)47-4/h10,18,22-26,29H,5-9,11-17,19-21H2,1-4H3,(H,35,43)(H,36,46)(H,37,42)/b18-10+/t24-,25-,26-,29?/m0/s1. The van der Waals surface area contributed by atoms with E-state index in [-0.39, 0.29) is 56.1 Å². The molecule has 14 heteroatoms. The Hall–Kier alpha value is -3.97. The van der Waals surface area contributed by atoms with Crippen LogP contribution < -0.4 is 16.0 Å². The molecule has 1 saturated carbocycles. The normalized spacial score (nSPS) is 20.4. The van der Waals surface area contributed by atoms with Gasteiger partial charge in [0, 0.05) is 25.6 Å². The predicted molar refractivity (Wildman–Crippen MR) is 175 cm³/mol. The summed E-state index contributed by atoms with van der Waals surface area (Å²) in [6.07, 6.45) is 9.49. The minimum Gasteiger partial charge on any atom is -0.467 e. The minimum absolute atomic E-state index is 0.0978. The first-order chi connectivity index (χ1) is 23.0. The van der Waals surface area contributed by atoms with E-state index < -0.39 is 54.0 Å². The number of allylic oxidation sites excluding steroid dienone is 1. The van der Waals surface area contributed by atoms with Crippen molar-refractivity contribution < 1.29 is 43.0 Å². The van der Waals surface area contributed by atoms with E-state index in [2.05, 4.69) is 16.0 Å². The van der Waals surface area contributed by atoms with Crippen molar-refractivity contribution in [2.24, 2.45) is 11.8 Å². The fourth-order valence-electron chi connectivity index (χ4n) is 6.67. The summed E-state index contributed by atoms with van der Waals surface area (Å²) in [4.78, 5) is 93.7. The van der Waals surface area contributed by atoms with Crippen molar-refractivity contribution in [3.8, 4) is 0 Å². The molecule has 6 amide bonds. The van der Waals surface area contributed by atoms with Gasteiger partial charge in [-0.3, -0.25) is 24.1 Å². The van der Waals surface area contributed by atoms with E-state index in [1.807, 2.05) is 13.8 Å². The van der Waals surface area contributed by atoms with Crippen LogP contribution in [0.3, 0.4) is 0 Å². The van der Waals surface area contributed by atoms with E-state index in [9.17, 15) is 33.6 Å². The molecule has 2 heterocycles. The Morgan fingerprint density at radius 3 is 2.27 bits per heavy atom. The summed E-state index contributed by atoms with van der Waals surface area (Å²) < 4.78 is 9.80. The summed E-state index contributed by atoms with van der Waals surface area (Å²) in [7, 11) is 1.26. The molecular weight excluding hydrogens is 622 g/mol. The third-order valence-corrected chi connectivity index (χ3v) is 9.13. The lowest BCUT2D eigenvalue weighted by atomic mass is 9.83. The van der Waals surface area contributed by atoms with E-state index in [1.54, 1.807) is 13.0 Å². The second-order valence-corrected chi connectivity index (χ2v) is 13.2. The van der Waals surface area contributed by atoms with Crippen molar-refractivity contribution in [2.75, 3.05) is 26.8 Å². The number of carbonyl (C=O) groups excluding carboxylic acids is 7. The van der Waals surface area contributed by atoms with Gasteiger partial charge < -0.3 is 30.3 Å². The Labute approximate surface area is 283 Å². The summed E-state index contributed by atoms with van der Waals surface area (Å²) in [5.41, 5.74) is 0. The van der Waals surface area contributed by atoms with Crippen LogP contribution in [0.15, 0.2) is 12.2 Å². The smallest absolute Gasteiger partial charge is 0.330 e. The first kappa shape index (κ1) is 38.5. The third kappa shape index (κ3) is 11.0. The van der Waals surface area contributed by atoms with Crippen molar-refractivity contribution in [1.29, 1.82) is 0 Å². The molecule has 0 bridgehead atoms. The van der Waals surface area contributed by atoms with Gasteiger partial charge in [0.15, 0.2) is 0 Å². The zero-order chi connectivity index (χ0) is 35.2. The number of hydrogen-bond acceptors (Lipinski definition) is 9. The SMILES string of the molecule is CCOC(=O)/C=C/CC[C@H](NC(=O)N1CCCC1=O)C(=O)NC(C(=O)N1CCC[C@H]1C(=O)N[C@@H](CC(C)C)C(=O)OC)C1CCCCC1. The van der Waals surface area contributed by atoms with Crippen molar-refractivity contribution in [3.05, 3.63) is 12.2 Å². The molecule has 0 spiro atoms. The Morgan fingerprint density at radius 1 is 0.917 bits per heavy atom. The molecule has 1 aliphatic carbocycles. The monoisotopic (exact) mass is 675 g/mol. The van der Waals surface area contributed by atoms with Gasteiger partial charge in [-0.05, 0) is 70.1 Å². The highest BCUT2D eigenvalue weighted by Crippen LogP contribution is 2.30. The molecule has 268 valence electrons. The van der Waals surface area contributed by atoms with Gasteiger partial charge in [0.05, 0.1) is 13.7 Å². The quantitative estimate of drug-likeness (QED) is 0.173. The molecule has 1 unspecified atom stereocenters. The fraction of sp³-hybridized carbons (Fsp3) is 0.735. The number of esters is 2. The number of ether oxygens (including phenoxy) is 2. The van der Waals surface area contributed by atoms with E-state index in [0.29, 0.717) is 45.1 Å². The molecular formula is C34H53N5O9. The first-order valence-corrected chi connectivity index (χ1v) is 17.4. The Morgan fingerprint density at radius 2 is 1.65 bits per heavy atom. The Kier molecular flexibility index (Phi) is 15.3. The molecule has 0 aromatic rings. The molecule has 2 saturated heterocycles. The first-order valence-electron chi connectivity index (χ1n) is 17.4. The zero-order valence-corrected chi connectivity index (χ0v) is 28.8. The van der Waals surface area contributed by atoms with Gasteiger partial charge in [-0.15, -0.1) is 0 Å². The highest BCUT2D eigenvalue weighted by Gasteiger charge is 2.42. The largest absolute Gasteiger partial charge is 0.467 e. The average molecular weight is 676 g/mol. The molecule has 3 aliphatic rings. The maximum Gasteiger partial charge on any atom is 0.330 e.